The number of sulfonamides is 1. The molecule has 164 valence electrons. The van der Waals surface area contributed by atoms with Crippen molar-refractivity contribution in [2.75, 3.05) is 17.2 Å². The maximum absolute atomic E-state index is 12.5. The highest BCUT2D eigenvalue weighted by atomic mass is 32.2. The predicted octanol–water partition coefficient (Wildman–Crippen LogP) is 3.19. The molecule has 3 aromatic rings. The number of hydrogen-bond acceptors (Lipinski definition) is 6. The van der Waals surface area contributed by atoms with Crippen LogP contribution in [-0.4, -0.2) is 26.9 Å². The fourth-order valence-electron chi connectivity index (χ4n) is 3.24. The van der Waals surface area contributed by atoms with Crippen molar-refractivity contribution < 1.29 is 22.7 Å². The Labute approximate surface area is 185 Å². The van der Waals surface area contributed by atoms with E-state index in [9.17, 15) is 18.0 Å². The van der Waals surface area contributed by atoms with Gasteiger partial charge < -0.3 is 15.4 Å². The molecule has 0 bridgehead atoms. The Morgan fingerprint density at radius 1 is 0.969 bits per heavy atom. The van der Waals surface area contributed by atoms with E-state index in [1.54, 1.807) is 42.5 Å². The molecule has 1 heterocycles. The first-order valence-corrected chi connectivity index (χ1v) is 11.3. The third-order valence-electron chi connectivity index (χ3n) is 4.90. The number of para-hydroxylation sites is 1. The Morgan fingerprint density at radius 2 is 1.66 bits per heavy atom. The first-order chi connectivity index (χ1) is 15.3. The third kappa shape index (κ3) is 4.79. The number of benzene rings is 3. The van der Waals surface area contributed by atoms with E-state index in [2.05, 4.69) is 15.4 Å². The SMILES string of the molecule is Cc1ccc(NC(=O)COC(=O)c2ccc([C@H]3Nc4ccccc4S(=O)(=O)N3)cc2)cc1. The lowest BCUT2D eigenvalue weighted by Gasteiger charge is -2.28. The van der Waals surface area contributed by atoms with Gasteiger partial charge in [0.2, 0.25) is 10.0 Å². The molecule has 0 aliphatic carbocycles. The first-order valence-electron chi connectivity index (χ1n) is 9.83. The molecule has 0 unspecified atom stereocenters. The van der Waals surface area contributed by atoms with Crippen LogP contribution in [0.5, 0.6) is 0 Å². The van der Waals surface area contributed by atoms with Gasteiger partial charge in [0.15, 0.2) is 6.61 Å². The largest absolute Gasteiger partial charge is 0.452 e. The number of carbonyl (C=O) groups is 2. The van der Waals surface area contributed by atoms with Crippen molar-refractivity contribution in [3.05, 3.63) is 89.5 Å². The van der Waals surface area contributed by atoms with Crippen LogP contribution in [0.4, 0.5) is 11.4 Å². The predicted molar refractivity (Wildman–Crippen MR) is 120 cm³/mol. The van der Waals surface area contributed by atoms with Gasteiger partial charge in [-0.15, -0.1) is 0 Å². The number of fused-ring (bicyclic) bond motifs is 1. The average molecular weight is 452 g/mol. The van der Waals surface area contributed by atoms with E-state index in [0.29, 0.717) is 16.9 Å². The number of carbonyl (C=O) groups excluding carboxylic acids is 2. The van der Waals surface area contributed by atoms with Gasteiger partial charge in [-0.25, -0.2) is 13.2 Å². The van der Waals surface area contributed by atoms with Gasteiger partial charge in [-0.3, -0.25) is 4.79 Å². The standard InChI is InChI=1S/C23H21N3O5S/c1-15-6-12-18(13-7-15)24-21(27)14-31-23(28)17-10-8-16(9-11-17)22-25-19-4-2-3-5-20(19)32(29,30)26-22/h2-13,22,25-26H,14H2,1H3,(H,24,27)/t22-/m0/s1. The van der Waals surface area contributed by atoms with Crippen LogP contribution in [-0.2, 0) is 19.6 Å². The van der Waals surface area contributed by atoms with Crippen molar-refractivity contribution in [3.63, 3.8) is 0 Å². The number of ether oxygens (including phenoxy) is 1. The number of hydrogen-bond donors (Lipinski definition) is 3. The van der Waals surface area contributed by atoms with E-state index in [4.69, 9.17) is 4.74 Å². The molecule has 0 saturated heterocycles. The monoisotopic (exact) mass is 451 g/mol. The molecule has 0 saturated carbocycles. The molecule has 0 fully saturated rings. The summed E-state index contributed by atoms with van der Waals surface area (Å²) in [6.45, 7) is 1.52. The van der Waals surface area contributed by atoms with Gasteiger partial charge >= 0.3 is 5.97 Å². The average Bonchev–Trinajstić information content (AvgIpc) is 2.79. The Hall–Kier alpha value is -3.69. The molecule has 0 radical (unpaired) electrons. The highest BCUT2D eigenvalue weighted by molar-refractivity contribution is 7.89. The van der Waals surface area contributed by atoms with Crippen LogP contribution in [0.15, 0.2) is 77.7 Å². The van der Waals surface area contributed by atoms with Crippen molar-refractivity contribution in [2.45, 2.75) is 18.0 Å². The zero-order chi connectivity index (χ0) is 22.7. The van der Waals surface area contributed by atoms with Gasteiger partial charge in [0.1, 0.15) is 11.1 Å². The van der Waals surface area contributed by atoms with Crippen molar-refractivity contribution in [1.29, 1.82) is 0 Å². The van der Waals surface area contributed by atoms with Crippen molar-refractivity contribution >= 4 is 33.3 Å². The summed E-state index contributed by atoms with van der Waals surface area (Å²) in [6.07, 6.45) is -0.680. The molecule has 3 N–H and O–H groups in total. The number of nitrogens with one attached hydrogen (secondary N) is 3. The molecule has 3 aromatic carbocycles. The van der Waals surface area contributed by atoms with Gasteiger partial charge in [0.05, 0.1) is 11.3 Å². The molecular formula is C23H21N3O5S. The highest BCUT2D eigenvalue weighted by Crippen LogP contribution is 2.30. The minimum atomic E-state index is -3.66. The molecule has 8 nitrogen and oxygen atoms in total. The van der Waals surface area contributed by atoms with Crippen LogP contribution in [0, 0.1) is 6.92 Å². The van der Waals surface area contributed by atoms with Crippen LogP contribution in [0.2, 0.25) is 0 Å². The molecule has 4 rings (SSSR count). The molecule has 1 aliphatic heterocycles. The van der Waals surface area contributed by atoms with Gasteiger partial charge in [0.25, 0.3) is 5.91 Å². The fourth-order valence-corrected chi connectivity index (χ4v) is 4.54. The summed E-state index contributed by atoms with van der Waals surface area (Å²) in [5.41, 5.74) is 3.05. The molecule has 1 amide bonds. The molecular weight excluding hydrogens is 430 g/mol. The minimum Gasteiger partial charge on any atom is -0.452 e. The smallest absolute Gasteiger partial charge is 0.338 e. The van der Waals surface area contributed by atoms with E-state index in [0.717, 1.165) is 5.56 Å². The van der Waals surface area contributed by atoms with Crippen molar-refractivity contribution in [1.82, 2.24) is 4.72 Å². The highest BCUT2D eigenvalue weighted by Gasteiger charge is 2.29. The van der Waals surface area contributed by atoms with Crippen LogP contribution in [0.25, 0.3) is 0 Å². The quantitative estimate of drug-likeness (QED) is 0.514. The molecule has 0 spiro atoms. The van der Waals surface area contributed by atoms with Crippen LogP contribution < -0.4 is 15.4 Å². The summed E-state index contributed by atoms with van der Waals surface area (Å²) in [4.78, 5) is 24.4. The number of esters is 1. The maximum atomic E-state index is 12.5. The molecule has 1 aliphatic rings. The summed E-state index contributed by atoms with van der Waals surface area (Å²) in [5.74, 6) is -1.10. The van der Waals surface area contributed by atoms with Crippen molar-refractivity contribution in [3.8, 4) is 0 Å². The first kappa shape index (κ1) is 21.5. The molecule has 32 heavy (non-hydrogen) atoms. The lowest BCUT2D eigenvalue weighted by Crippen LogP contribution is -2.38. The van der Waals surface area contributed by atoms with E-state index in [1.807, 2.05) is 19.1 Å². The second kappa shape index (κ2) is 8.81. The number of amides is 1. The summed E-state index contributed by atoms with van der Waals surface area (Å²) in [6, 6.07) is 20.2. The third-order valence-corrected chi connectivity index (χ3v) is 6.38. The molecule has 0 aromatic heterocycles. The maximum Gasteiger partial charge on any atom is 0.338 e. The van der Waals surface area contributed by atoms with Crippen molar-refractivity contribution in [2.24, 2.45) is 0 Å². The Morgan fingerprint density at radius 3 is 2.38 bits per heavy atom. The number of rotatable bonds is 5. The van der Waals surface area contributed by atoms with Crippen LogP contribution >= 0.6 is 0 Å². The minimum absolute atomic E-state index is 0.181. The van der Waals surface area contributed by atoms with E-state index >= 15 is 0 Å². The summed E-state index contributed by atoms with van der Waals surface area (Å²) >= 11 is 0. The zero-order valence-corrected chi connectivity index (χ0v) is 18.0. The van der Waals surface area contributed by atoms with Gasteiger partial charge in [-0.05, 0) is 48.9 Å². The second-order valence-corrected chi connectivity index (χ2v) is 8.99. The summed E-state index contributed by atoms with van der Waals surface area (Å²) in [5, 5.41) is 5.78. The lowest BCUT2D eigenvalue weighted by molar-refractivity contribution is -0.119. The Bertz CT molecular complexity index is 1260. The normalized spacial score (nSPS) is 16.3. The van der Waals surface area contributed by atoms with Crippen LogP contribution in [0.1, 0.15) is 27.7 Å². The van der Waals surface area contributed by atoms with E-state index in [1.165, 1.54) is 18.2 Å². The molecule has 9 heteroatoms. The number of anilines is 2. The number of aryl methyl sites for hydroxylation is 1. The van der Waals surface area contributed by atoms with E-state index in [-0.39, 0.29) is 10.5 Å². The van der Waals surface area contributed by atoms with Gasteiger partial charge in [-0.2, -0.15) is 4.72 Å². The topological polar surface area (TPSA) is 114 Å². The van der Waals surface area contributed by atoms with E-state index < -0.39 is 34.7 Å². The van der Waals surface area contributed by atoms with Crippen LogP contribution in [0.3, 0.4) is 0 Å². The fraction of sp³-hybridized carbons (Fsp3) is 0.130. The second-order valence-electron chi connectivity index (χ2n) is 7.31. The van der Waals surface area contributed by atoms with Gasteiger partial charge in [-0.1, -0.05) is 42.0 Å². The molecule has 1 atom stereocenters. The Kier molecular flexibility index (Phi) is 5.93. The summed E-state index contributed by atoms with van der Waals surface area (Å²) in [7, 11) is -3.66. The lowest BCUT2D eigenvalue weighted by atomic mass is 10.1. The van der Waals surface area contributed by atoms with Gasteiger partial charge in [0, 0.05) is 5.69 Å². The Balaban J connectivity index is 1.37. The summed E-state index contributed by atoms with van der Waals surface area (Å²) < 4.78 is 32.6. The zero-order valence-electron chi connectivity index (χ0n) is 17.2.